The molecule has 15 heavy (non-hydrogen) atoms. The summed E-state index contributed by atoms with van der Waals surface area (Å²) in [5, 5.41) is 0. The zero-order valence-electron chi connectivity index (χ0n) is 8.87. The van der Waals surface area contributed by atoms with Gasteiger partial charge in [-0.3, -0.25) is 0 Å². The fourth-order valence-corrected chi connectivity index (χ4v) is 1.38. The molecule has 0 aromatic rings. The maximum Gasteiger partial charge on any atom is 0.338 e. The van der Waals surface area contributed by atoms with E-state index in [1.54, 1.807) is 25.2 Å². The van der Waals surface area contributed by atoms with Gasteiger partial charge in [0.05, 0.1) is 25.4 Å². The number of hydrogen-bond donors (Lipinski definition) is 0. The monoisotopic (exact) mass is 208 g/mol. The van der Waals surface area contributed by atoms with Gasteiger partial charge in [-0.1, -0.05) is 6.08 Å². The maximum atomic E-state index is 11.3. The number of methoxy groups -OCH3 is 2. The summed E-state index contributed by atoms with van der Waals surface area (Å²) in [5.74, 6) is -0.920. The molecule has 1 aliphatic rings. The smallest absolute Gasteiger partial charge is 0.338 e. The maximum absolute atomic E-state index is 11.3. The van der Waals surface area contributed by atoms with Crippen molar-refractivity contribution in [1.29, 1.82) is 0 Å². The first-order valence-electron chi connectivity index (χ1n) is 4.41. The number of ether oxygens (including phenoxy) is 2. The van der Waals surface area contributed by atoms with Crippen molar-refractivity contribution < 1.29 is 19.1 Å². The standard InChI is InChI=1S/C11H12O4/c1-4-7-8(10(12)14-2)5-6-9(7)11(13)15-3/h4-6H,1-3H3. The highest BCUT2D eigenvalue weighted by molar-refractivity contribution is 6.05. The molecule has 0 spiro atoms. The van der Waals surface area contributed by atoms with Crippen molar-refractivity contribution in [3.05, 3.63) is 34.9 Å². The second-order valence-corrected chi connectivity index (χ2v) is 2.85. The molecule has 0 fully saturated rings. The van der Waals surface area contributed by atoms with Gasteiger partial charge in [-0.05, 0) is 24.6 Å². The fraction of sp³-hybridized carbons (Fsp3) is 0.273. The zero-order chi connectivity index (χ0) is 11.4. The largest absolute Gasteiger partial charge is 0.465 e. The number of carbonyl (C=O) groups is 2. The second-order valence-electron chi connectivity index (χ2n) is 2.85. The van der Waals surface area contributed by atoms with Crippen LogP contribution in [0.4, 0.5) is 0 Å². The van der Waals surface area contributed by atoms with Crippen molar-refractivity contribution in [1.82, 2.24) is 0 Å². The lowest BCUT2D eigenvalue weighted by Gasteiger charge is -2.06. The average molecular weight is 208 g/mol. The molecule has 0 saturated heterocycles. The highest BCUT2D eigenvalue weighted by atomic mass is 16.5. The average Bonchev–Trinajstić information content (AvgIpc) is 2.70. The SMILES string of the molecule is CC=C1C(C(=O)OC)=CC=C1C(=O)OC. The van der Waals surface area contributed by atoms with E-state index in [4.69, 9.17) is 0 Å². The zero-order valence-corrected chi connectivity index (χ0v) is 8.87. The van der Waals surface area contributed by atoms with E-state index in [1.165, 1.54) is 14.2 Å². The topological polar surface area (TPSA) is 52.6 Å². The van der Waals surface area contributed by atoms with Gasteiger partial charge in [0.1, 0.15) is 0 Å². The van der Waals surface area contributed by atoms with Gasteiger partial charge in [0.15, 0.2) is 0 Å². The van der Waals surface area contributed by atoms with E-state index in [1.807, 2.05) is 0 Å². The Morgan fingerprint density at radius 2 is 1.47 bits per heavy atom. The predicted molar refractivity (Wildman–Crippen MR) is 54.0 cm³/mol. The second kappa shape index (κ2) is 4.59. The Balaban J connectivity index is 2.98. The Bertz CT molecular complexity index is 351. The van der Waals surface area contributed by atoms with Gasteiger partial charge in [0.25, 0.3) is 0 Å². The summed E-state index contributed by atoms with van der Waals surface area (Å²) < 4.78 is 9.19. The number of rotatable bonds is 2. The summed E-state index contributed by atoms with van der Waals surface area (Å²) in [5.41, 5.74) is 1.30. The van der Waals surface area contributed by atoms with Gasteiger partial charge < -0.3 is 9.47 Å². The molecule has 80 valence electrons. The number of carbonyl (C=O) groups excluding carboxylic acids is 2. The van der Waals surface area contributed by atoms with E-state index < -0.39 is 11.9 Å². The van der Waals surface area contributed by atoms with E-state index in [0.29, 0.717) is 16.7 Å². The fourth-order valence-electron chi connectivity index (χ4n) is 1.38. The van der Waals surface area contributed by atoms with E-state index in [0.717, 1.165) is 0 Å². The van der Waals surface area contributed by atoms with Crippen molar-refractivity contribution in [2.75, 3.05) is 14.2 Å². The third-order valence-corrected chi connectivity index (χ3v) is 2.10. The Hall–Kier alpha value is -1.84. The van der Waals surface area contributed by atoms with E-state index in [9.17, 15) is 9.59 Å². The molecule has 0 aliphatic heterocycles. The molecule has 4 nitrogen and oxygen atoms in total. The van der Waals surface area contributed by atoms with Gasteiger partial charge in [-0.15, -0.1) is 0 Å². The van der Waals surface area contributed by atoms with Crippen LogP contribution in [0.3, 0.4) is 0 Å². The molecule has 0 aromatic heterocycles. The van der Waals surface area contributed by atoms with E-state index in [2.05, 4.69) is 9.47 Å². The first kappa shape index (κ1) is 11.2. The molecule has 0 amide bonds. The van der Waals surface area contributed by atoms with Crippen LogP contribution in [0.25, 0.3) is 0 Å². The number of esters is 2. The minimum absolute atomic E-state index is 0.375. The molecule has 0 unspecified atom stereocenters. The molecule has 0 saturated carbocycles. The third-order valence-electron chi connectivity index (χ3n) is 2.10. The van der Waals surface area contributed by atoms with Crippen LogP contribution in [0.15, 0.2) is 34.9 Å². The van der Waals surface area contributed by atoms with Crippen LogP contribution in [0.5, 0.6) is 0 Å². The predicted octanol–water partition coefficient (Wildman–Crippen LogP) is 1.15. The van der Waals surface area contributed by atoms with Gasteiger partial charge in [-0.25, -0.2) is 9.59 Å². The van der Waals surface area contributed by atoms with Crippen LogP contribution in [0.2, 0.25) is 0 Å². The minimum Gasteiger partial charge on any atom is -0.465 e. The molecule has 4 heteroatoms. The van der Waals surface area contributed by atoms with Crippen molar-refractivity contribution in [3.8, 4) is 0 Å². The molecule has 0 N–H and O–H groups in total. The highest BCUT2D eigenvalue weighted by Gasteiger charge is 2.26. The van der Waals surface area contributed by atoms with Crippen molar-refractivity contribution in [2.24, 2.45) is 0 Å². The van der Waals surface area contributed by atoms with E-state index in [-0.39, 0.29) is 0 Å². The number of hydrogen-bond acceptors (Lipinski definition) is 4. The first-order valence-corrected chi connectivity index (χ1v) is 4.41. The summed E-state index contributed by atoms with van der Waals surface area (Å²) in [6.07, 6.45) is 4.78. The molecule has 0 bridgehead atoms. The van der Waals surface area contributed by atoms with Gasteiger partial charge >= 0.3 is 11.9 Å². The molecule has 0 aromatic carbocycles. The molecule has 0 atom stereocenters. The Labute approximate surface area is 87.9 Å². The quantitative estimate of drug-likeness (QED) is 0.639. The summed E-state index contributed by atoms with van der Waals surface area (Å²) >= 11 is 0. The van der Waals surface area contributed by atoms with Gasteiger partial charge in [0.2, 0.25) is 0 Å². The lowest BCUT2D eigenvalue weighted by Crippen LogP contribution is -2.10. The summed E-state index contributed by atoms with van der Waals surface area (Å²) in [6, 6.07) is 0. The molecule has 0 heterocycles. The molecule has 1 rings (SSSR count). The van der Waals surface area contributed by atoms with Gasteiger partial charge in [0, 0.05) is 0 Å². The molecule has 0 radical (unpaired) electrons. The number of allylic oxidation sites excluding steroid dienone is 3. The summed E-state index contributed by atoms with van der Waals surface area (Å²) in [4.78, 5) is 22.6. The first-order chi connectivity index (χ1) is 7.15. The summed E-state index contributed by atoms with van der Waals surface area (Å²) in [6.45, 7) is 1.74. The summed E-state index contributed by atoms with van der Waals surface area (Å²) in [7, 11) is 2.60. The Morgan fingerprint density at radius 1 is 1.07 bits per heavy atom. The van der Waals surface area contributed by atoms with Crippen molar-refractivity contribution >= 4 is 11.9 Å². The van der Waals surface area contributed by atoms with Crippen LogP contribution in [0.1, 0.15) is 6.92 Å². The highest BCUT2D eigenvalue weighted by Crippen LogP contribution is 2.27. The molecular weight excluding hydrogens is 196 g/mol. The minimum atomic E-state index is -0.460. The van der Waals surface area contributed by atoms with Crippen LogP contribution in [-0.4, -0.2) is 26.2 Å². The molecule has 1 aliphatic carbocycles. The molecular formula is C11H12O4. The lowest BCUT2D eigenvalue weighted by molar-refractivity contribution is -0.135. The lowest BCUT2D eigenvalue weighted by atomic mass is 10.0. The van der Waals surface area contributed by atoms with Crippen LogP contribution in [0, 0.1) is 0 Å². The third kappa shape index (κ3) is 1.98. The van der Waals surface area contributed by atoms with Crippen molar-refractivity contribution in [2.45, 2.75) is 6.92 Å². The Kier molecular flexibility index (Phi) is 3.44. The van der Waals surface area contributed by atoms with Gasteiger partial charge in [-0.2, -0.15) is 0 Å². The van der Waals surface area contributed by atoms with E-state index >= 15 is 0 Å². The van der Waals surface area contributed by atoms with Crippen molar-refractivity contribution in [3.63, 3.8) is 0 Å². The van der Waals surface area contributed by atoms with Crippen LogP contribution in [-0.2, 0) is 19.1 Å². The normalized spacial score (nSPS) is 14.2. The van der Waals surface area contributed by atoms with Crippen LogP contribution >= 0.6 is 0 Å². The van der Waals surface area contributed by atoms with Crippen LogP contribution < -0.4 is 0 Å². The Morgan fingerprint density at radius 3 is 1.73 bits per heavy atom.